The number of ether oxygens (including phenoxy) is 1. The van der Waals surface area contributed by atoms with Gasteiger partial charge in [-0.15, -0.1) is 0 Å². The second kappa shape index (κ2) is 5.17. The van der Waals surface area contributed by atoms with Gasteiger partial charge in [-0.05, 0) is 35.9 Å². The van der Waals surface area contributed by atoms with E-state index in [4.69, 9.17) is 9.15 Å². The van der Waals surface area contributed by atoms with E-state index < -0.39 is 6.04 Å². The molecule has 2 heterocycles. The van der Waals surface area contributed by atoms with E-state index in [2.05, 4.69) is 6.07 Å². The number of carbonyl (C=O) groups excluding carboxylic acids is 1. The minimum absolute atomic E-state index is 0.194. The van der Waals surface area contributed by atoms with Gasteiger partial charge in [-0.3, -0.25) is 9.69 Å². The van der Waals surface area contributed by atoms with Crippen LogP contribution in [0, 0.1) is 11.3 Å². The highest BCUT2D eigenvalue weighted by Crippen LogP contribution is 2.33. The first-order valence-electron chi connectivity index (χ1n) is 6.37. The first kappa shape index (κ1) is 13.0. The van der Waals surface area contributed by atoms with Crippen molar-refractivity contribution in [2.75, 3.05) is 12.0 Å². The van der Waals surface area contributed by atoms with Crippen LogP contribution in [0.5, 0.6) is 5.75 Å². The van der Waals surface area contributed by atoms with E-state index in [1.54, 1.807) is 31.4 Å². The topological polar surface area (TPSA) is 66.5 Å². The maximum absolute atomic E-state index is 12.6. The molecule has 0 saturated carbocycles. The minimum Gasteiger partial charge on any atom is -0.497 e. The third kappa shape index (κ3) is 2.17. The molecule has 1 aromatic carbocycles. The summed E-state index contributed by atoms with van der Waals surface area (Å²) in [5.74, 6) is 0.461. The summed E-state index contributed by atoms with van der Waals surface area (Å²) >= 11 is 0. The molecule has 0 fully saturated rings. The lowest BCUT2D eigenvalue weighted by Crippen LogP contribution is -2.40. The van der Waals surface area contributed by atoms with Gasteiger partial charge in [0.05, 0.1) is 25.1 Å². The molecule has 1 aromatic heterocycles. The lowest BCUT2D eigenvalue weighted by atomic mass is 10.0. The standard InChI is InChI=1S/C16H12N2O3/c1-20-13-7-5-11-4-6-12(10-17)18(14(11)9-13)16(19)15-3-2-8-21-15/h2-9,12H,1H3/t12-/m1/s1. The number of amides is 1. The monoisotopic (exact) mass is 280 g/mol. The Bertz CT molecular complexity index is 741. The van der Waals surface area contributed by atoms with Gasteiger partial charge in [-0.1, -0.05) is 6.08 Å². The van der Waals surface area contributed by atoms with Crippen molar-refractivity contribution in [3.63, 3.8) is 0 Å². The molecule has 0 bridgehead atoms. The van der Waals surface area contributed by atoms with Crippen LogP contribution in [0.15, 0.2) is 47.1 Å². The molecule has 1 aliphatic rings. The van der Waals surface area contributed by atoms with Crippen LogP contribution in [-0.2, 0) is 0 Å². The SMILES string of the molecule is COc1ccc2c(c1)N(C(=O)c1ccco1)[C@@H](C#N)C=C2. The molecule has 0 radical (unpaired) electrons. The summed E-state index contributed by atoms with van der Waals surface area (Å²) < 4.78 is 10.4. The molecule has 104 valence electrons. The average molecular weight is 280 g/mol. The maximum Gasteiger partial charge on any atom is 0.295 e. The summed E-state index contributed by atoms with van der Waals surface area (Å²) in [5, 5.41) is 9.30. The van der Waals surface area contributed by atoms with E-state index in [1.807, 2.05) is 18.2 Å². The smallest absolute Gasteiger partial charge is 0.295 e. The van der Waals surface area contributed by atoms with Crippen LogP contribution in [0.4, 0.5) is 5.69 Å². The predicted molar refractivity (Wildman–Crippen MR) is 76.9 cm³/mol. The number of hydrogen-bond donors (Lipinski definition) is 0. The van der Waals surface area contributed by atoms with Crippen molar-refractivity contribution in [2.45, 2.75) is 6.04 Å². The van der Waals surface area contributed by atoms with Crippen LogP contribution in [0.1, 0.15) is 16.1 Å². The minimum atomic E-state index is -0.679. The summed E-state index contributed by atoms with van der Waals surface area (Å²) in [6.07, 6.45) is 4.95. The number of nitrogens with zero attached hydrogens (tertiary/aromatic N) is 2. The third-order valence-corrected chi connectivity index (χ3v) is 3.32. The Morgan fingerprint density at radius 1 is 1.43 bits per heavy atom. The van der Waals surface area contributed by atoms with Crippen molar-refractivity contribution in [3.8, 4) is 11.8 Å². The molecule has 21 heavy (non-hydrogen) atoms. The van der Waals surface area contributed by atoms with Gasteiger partial charge in [-0.25, -0.2) is 0 Å². The highest BCUT2D eigenvalue weighted by molar-refractivity contribution is 6.07. The largest absolute Gasteiger partial charge is 0.497 e. The normalized spacial score (nSPS) is 16.2. The molecule has 1 atom stereocenters. The molecule has 0 spiro atoms. The predicted octanol–water partition coefficient (Wildman–Crippen LogP) is 2.85. The lowest BCUT2D eigenvalue weighted by Gasteiger charge is -2.29. The first-order valence-corrected chi connectivity index (χ1v) is 6.37. The summed E-state index contributed by atoms with van der Waals surface area (Å²) in [6.45, 7) is 0. The Morgan fingerprint density at radius 2 is 2.29 bits per heavy atom. The Labute approximate surface area is 121 Å². The zero-order valence-corrected chi connectivity index (χ0v) is 11.3. The van der Waals surface area contributed by atoms with Crippen LogP contribution in [0.25, 0.3) is 6.08 Å². The Kier molecular flexibility index (Phi) is 3.20. The molecular formula is C16H12N2O3. The summed E-state index contributed by atoms with van der Waals surface area (Å²) in [5.41, 5.74) is 1.48. The molecule has 0 N–H and O–H groups in total. The van der Waals surface area contributed by atoms with E-state index in [0.29, 0.717) is 11.4 Å². The number of fused-ring (bicyclic) bond motifs is 1. The van der Waals surface area contributed by atoms with E-state index in [9.17, 15) is 10.1 Å². The Hall–Kier alpha value is -3.00. The molecule has 0 aliphatic carbocycles. The zero-order chi connectivity index (χ0) is 14.8. The fraction of sp³-hybridized carbons (Fsp3) is 0.125. The Morgan fingerprint density at radius 3 is 2.95 bits per heavy atom. The molecular weight excluding hydrogens is 268 g/mol. The van der Waals surface area contributed by atoms with Crippen molar-refractivity contribution in [2.24, 2.45) is 0 Å². The number of furan rings is 1. The number of carbonyl (C=O) groups is 1. The van der Waals surface area contributed by atoms with Crippen molar-refractivity contribution in [1.29, 1.82) is 5.26 Å². The molecule has 1 amide bonds. The van der Waals surface area contributed by atoms with Crippen molar-refractivity contribution < 1.29 is 13.9 Å². The fourth-order valence-electron chi connectivity index (χ4n) is 2.29. The average Bonchev–Trinajstić information content (AvgIpc) is 3.06. The first-order chi connectivity index (χ1) is 10.2. The molecule has 5 heteroatoms. The van der Waals surface area contributed by atoms with Crippen molar-refractivity contribution in [1.82, 2.24) is 0 Å². The van der Waals surface area contributed by atoms with Gasteiger partial charge < -0.3 is 9.15 Å². The second-order valence-corrected chi connectivity index (χ2v) is 4.51. The van der Waals surface area contributed by atoms with E-state index >= 15 is 0 Å². The molecule has 0 saturated heterocycles. The number of methoxy groups -OCH3 is 1. The molecule has 0 unspecified atom stereocenters. The molecule has 3 rings (SSSR count). The number of nitriles is 1. The number of rotatable bonds is 2. The van der Waals surface area contributed by atoms with Crippen LogP contribution >= 0.6 is 0 Å². The van der Waals surface area contributed by atoms with Gasteiger partial charge in [0.15, 0.2) is 5.76 Å². The van der Waals surface area contributed by atoms with Crippen LogP contribution in [-0.4, -0.2) is 19.1 Å². The van der Waals surface area contributed by atoms with E-state index in [-0.39, 0.29) is 11.7 Å². The number of hydrogen-bond acceptors (Lipinski definition) is 4. The number of anilines is 1. The van der Waals surface area contributed by atoms with Gasteiger partial charge in [-0.2, -0.15) is 5.26 Å². The van der Waals surface area contributed by atoms with Crippen molar-refractivity contribution >= 4 is 17.7 Å². The lowest BCUT2D eigenvalue weighted by molar-refractivity contribution is 0.0958. The summed E-state index contributed by atoms with van der Waals surface area (Å²) in [4.78, 5) is 14.0. The maximum atomic E-state index is 12.6. The number of benzene rings is 1. The highest BCUT2D eigenvalue weighted by Gasteiger charge is 2.30. The quantitative estimate of drug-likeness (QED) is 0.848. The summed E-state index contributed by atoms with van der Waals surface area (Å²) in [6, 6.07) is 10.0. The Balaban J connectivity index is 2.11. The van der Waals surface area contributed by atoms with Crippen LogP contribution in [0.3, 0.4) is 0 Å². The second-order valence-electron chi connectivity index (χ2n) is 4.51. The zero-order valence-electron chi connectivity index (χ0n) is 11.3. The van der Waals surface area contributed by atoms with Gasteiger partial charge in [0.1, 0.15) is 11.8 Å². The van der Waals surface area contributed by atoms with Gasteiger partial charge >= 0.3 is 0 Å². The van der Waals surface area contributed by atoms with Gasteiger partial charge in [0, 0.05) is 6.07 Å². The van der Waals surface area contributed by atoms with Crippen molar-refractivity contribution in [3.05, 3.63) is 54.0 Å². The van der Waals surface area contributed by atoms with Gasteiger partial charge in [0.25, 0.3) is 5.91 Å². The van der Waals surface area contributed by atoms with Gasteiger partial charge in [0.2, 0.25) is 0 Å². The highest BCUT2D eigenvalue weighted by atomic mass is 16.5. The third-order valence-electron chi connectivity index (χ3n) is 3.32. The summed E-state index contributed by atoms with van der Waals surface area (Å²) in [7, 11) is 1.56. The molecule has 5 nitrogen and oxygen atoms in total. The fourth-order valence-corrected chi connectivity index (χ4v) is 2.29. The van der Waals surface area contributed by atoms with Crippen LogP contribution in [0.2, 0.25) is 0 Å². The van der Waals surface area contributed by atoms with Crippen LogP contribution < -0.4 is 9.64 Å². The molecule has 2 aromatic rings. The molecule has 1 aliphatic heterocycles. The van der Waals surface area contributed by atoms with E-state index in [0.717, 1.165) is 5.56 Å². The van der Waals surface area contributed by atoms with E-state index in [1.165, 1.54) is 11.2 Å².